The highest BCUT2D eigenvalue weighted by Gasteiger charge is 2.31. The van der Waals surface area contributed by atoms with Crippen molar-refractivity contribution in [2.24, 2.45) is 5.92 Å². The topological polar surface area (TPSA) is 45.7 Å². The Balaban J connectivity index is 1.60. The van der Waals surface area contributed by atoms with Gasteiger partial charge in [-0.25, -0.2) is 4.98 Å². The monoisotopic (exact) mass is 421 g/mol. The summed E-state index contributed by atoms with van der Waals surface area (Å²) < 4.78 is 43.8. The van der Waals surface area contributed by atoms with Crippen LogP contribution in [0.2, 0.25) is 0 Å². The number of pyridine rings is 1. The second kappa shape index (κ2) is 9.36. The molecule has 1 aromatic carbocycles. The number of alkyl halides is 3. The molecular formula is C22H26F3N3O2. The number of halogens is 3. The number of nitrogens with zero attached hydrogens (tertiary/aromatic N) is 3. The fourth-order valence-corrected chi connectivity index (χ4v) is 3.23. The van der Waals surface area contributed by atoms with E-state index < -0.39 is 11.7 Å². The van der Waals surface area contributed by atoms with Gasteiger partial charge in [0, 0.05) is 37.9 Å². The molecule has 0 radical (unpaired) electrons. The summed E-state index contributed by atoms with van der Waals surface area (Å²) in [6.45, 7) is 6.97. The van der Waals surface area contributed by atoms with E-state index in [0.29, 0.717) is 56.5 Å². The molecule has 1 aliphatic heterocycles. The van der Waals surface area contributed by atoms with Crippen molar-refractivity contribution in [1.82, 2.24) is 9.88 Å². The summed E-state index contributed by atoms with van der Waals surface area (Å²) in [5.41, 5.74) is -0.174. The van der Waals surface area contributed by atoms with Gasteiger partial charge in [-0.2, -0.15) is 13.2 Å². The molecule has 162 valence electrons. The molecule has 0 unspecified atom stereocenters. The van der Waals surface area contributed by atoms with Gasteiger partial charge in [0.05, 0.1) is 12.2 Å². The van der Waals surface area contributed by atoms with Gasteiger partial charge in [-0.3, -0.25) is 4.79 Å². The van der Waals surface area contributed by atoms with E-state index >= 15 is 0 Å². The Labute approximate surface area is 174 Å². The van der Waals surface area contributed by atoms with Crippen molar-refractivity contribution >= 4 is 11.7 Å². The normalized spacial score (nSPS) is 15.3. The van der Waals surface area contributed by atoms with Gasteiger partial charge in [0.25, 0.3) is 5.91 Å². The van der Waals surface area contributed by atoms with Gasteiger partial charge < -0.3 is 14.5 Å². The van der Waals surface area contributed by atoms with Gasteiger partial charge in [0.2, 0.25) is 0 Å². The van der Waals surface area contributed by atoms with Crippen LogP contribution < -0.4 is 9.64 Å². The van der Waals surface area contributed by atoms with E-state index in [1.165, 1.54) is 6.07 Å². The predicted molar refractivity (Wildman–Crippen MR) is 109 cm³/mol. The molecule has 5 nitrogen and oxygen atoms in total. The highest BCUT2D eigenvalue weighted by atomic mass is 19.4. The maximum atomic E-state index is 12.9. The van der Waals surface area contributed by atoms with Crippen LogP contribution in [0.3, 0.4) is 0 Å². The molecule has 1 aliphatic rings. The Morgan fingerprint density at radius 3 is 2.40 bits per heavy atom. The molecule has 0 aliphatic carbocycles. The van der Waals surface area contributed by atoms with Crippen molar-refractivity contribution < 1.29 is 22.7 Å². The smallest absolute Gasteiger partial charge is 0.417 e. The first-order chi connectivity index (χ1) is 14.2. The molecular weight excluding hydrogens is 395 g/mol. The molecule has 1 fully saturated rings. The number of rotatable bonds is 5. The summed E-state index contributed by atoms with van der Waals surface area (Å²) in [4.78, 5) is 20.5. The minimum atomic E-state index is -4.40. The van der Waals surface area contributed by atoms with Crippen LogP contribution in [-0.4, -0.2) is 48.6 Å². The number of carbonyl (C=O) groups is 1. The Kier molecular flexibility index (Phi) is 6.84. The Bertz CT molecular complexity index is 836. The van der Waals surface area contributed by atoms with E-state index in [4.69, 9.17) is 4.74 Å². The maximum absolute atomic E-state index is 12.9. The van der Waals surface area contributed by atoms with Crippen LogP contribution in [0.15, 0.2) is 42.6 Å². The maximum Gasteiger partial charge on any atom is 0.417 e. The highest BCUT2D eigenvalue weighted by molar-refractivity contribution is 5.94. The molecule has 0 spiro atoms. The molecule has 2 aromatic rings. The lowest BCUT2D eigenvalue weighted by Gasteiger charge is -2.23. The summed E-state index contributed by atoms with van der Waals surface area (Å²) in [7, 11) is 0. The first-order valence-electron chi connectivity index (χ1n) is 10.0. The quantitative estimate of drug-likeness (QED) is 0.714. The fourth-order valence-electron chi connectivity index (χ4n) is 3.23. The molecule has 1 aromatic heterocycles. The lowest BCUT2D eigenvalue weighted by molar-refractivity contribution is -0.137. The van der Waals surface area contributed by atoms with Crippen LogP contribution in [0.25, 0.3) is 0 Å². The molecule has 0 atom stereocenters. The van der Waals surface area contributed by atoms with Crippen molar-refractivity contribution in [2.75, 3.05) is 37.7 Å². The third-order valence-electron chi connectivity index (χ3n) is 4.87. The second-order valence-corrected chi connectivity index (χ2v) is 7.76. The largest absolute Gasteiger partial charge is 0.493 e. The average molecular weight is 421 g/mol. The van der Waals surface area contributed by atoms with Gasteiger partial charge >= 0.3 is 6.18 Å². The average Bonchev–Trinajstić information content (AvgIpc) is 2.98. The van der Waals surface area contributed by atoms with E-state index in [2.05, 4.69) is 18.8 Å². The third kappa shape index (κ3) is 5.64. The third-order valence-corrected chi connectivity index (χ3v) is 4.87. The summed E-state index contributed by atoms with van der Waals surface area (Å²) in [5, 5.41) is 0. The number of hydrogen-bond donors (Lipinski definition) is 0. The molecule has 2 heterocycles. The van der Waals surface area contributed by atoms with Crippen LogP contribution in [0.1, 0.15) is 36.2 Å². The highest BCUT2D eigenvalue weighted by Crippen LogP contribution is 2.29. The summed E-state index contributed by atoms with van der Waals surface area (Å²) in [6.07, 6.45) is -2.83. The first kappa shape index (κ1) is 21.9. The van der Waals surface area contributed by atoms with E-state index in [0.717, 1.165) is 18.0 Å². The number of hydrogen-bond acceptors (Lipinski definition) is 4. The SMILES string of the molecule is CC(C)COc1ccc(C(=O)N2CCCN(c3ccc(C(F)(F)F)cn3)CC2)cc1. The van der Waals surface area contributed by atoms with E-state index in [-0.39, 0.29) is 5.91 Å². The number of ether oxygens (including phenoxy) is 1. The van der Waals surface area contributed by atoms with Crippen LogP contribution >= 0.6 is 0 Å². The summed E-state index contributed by atoms with van der Waals surface area (Å²) >= 11 is 0. The van der Waals surface area contributed by atoms with Crippen LogP contribution in [0, 0.1) is 5.92 Å². The van der Waals surface area contributed by atoms with Crippen LogP contribution in [0.5, 0.6) is 5.75 Å². The molecule has 30 heavy (non-hydrogen) atoms. The zero-order valence-electron chi connectivity index (χ0n) is 17.2. The minimum absolute atomic E-state index is 0.0624. The fraction of sp³-hybridized carbons (Fsp3) is 0.455. The minimum Gasteiger partial charge on any atom is -0.493 e. The van der Waals surface area contributed by atoms with E-state index in [9.17, 15) is 18.0 Å². The number of amides is 1. The number of anilines is 1. The lowest BCUT2D eigenvalue weighted by atomic mass is 10.2. The zero-order chi connectivity index (χ0) is 21.7. The molecule has 0 saturated carbocycles. The van der Waals surface area contributed by atoms with Crippen LogP contribution in [-0.2, 0) is 6.18 Å². The van der Waals surface area contributed by atoms with Gasteiger partial charge in [0.15, 0.2) is 0 Å². The van der Waals surface area contributed by atoms with Crippen molar-refractivity contribution in [2.45, 2.75) is 26.4 Å². The van der Waals surface area contributed by atoms with Gasteiger partial charge in [-0.05, 0) is 48.7 Å². The van der Waals surface area contributed by atoms with Crippen molar-refractivity contribution in [1.29, 1.82) is 0 Å². The molecule has 0 bridgehead atoms. The van der Waals surface area contributed by atoms with Gasteiger partial charge in [0.1, 0.15) is 11.6 Å². The standard InChI is InChI=1S/C22H26F3N3O2/c1-16(2)15-30-19-7-4-17(5-8-19)21(29)28-11-3-10-27(12-13-28)20-9-6-18(14-26-20)22(23,24)25/h4-9,14,16H,3,10-13,15H2,1-2H3. The van der Waals surface area contributed by atoms with E-state index in [1.54, 1.807) is 29.2 Å². The van der Waals surface area contributed by atoms with Crippen molar-refractivity contribution in [3.05, 3.63) is 53.7 Å². The molecule has 3 rings (SSSR count). The van der Waals surface area contributed by atoms with E-state index in [1.807, 2.05) is 4.90 Å². The van der Waals surface area contributed by atoms with Gasteiger partial charge in [-0.15, -0.1) is 0 Å². The van der Waals surface area contributed by atoms with Crippen molar-refractivity contribution in [3.63, 3.8) is 0 Å². The number of benzene rings is 1. The molecule has 1 saturated heterocycles. The summed E-state index contributed by atoms with van der Waals surface area (Å²) in [5.74, 6) is 1.58. The Hall–Kier alpha value is -2.77. The predicted octanol–water partition coefficient (Wildman–Crippen LogP) is 4.49. The first-order valence-corrected chi connectivity index (χ1v) is 10.0. The van der Waals surface area contributed by atoms with Crippen molar-refractivity contribution in [3.8, 4) is 5.75 Å². The number of carbonyl (C=O) groups excluding carboxylic acids is 1. The van der Waals surface area contributed by atoms with Gasteiger partial charge in [-0.1, -0.05) is 13.8 Å². The molecule has 0 N–H and O–H groups in total. The lowest BCUT2D eigenvalue weighted by Crippen LogP contribution is -2.35. The van der Waals surface area contributed by atoms with Crippen LogP contribution in [0.4, 0.5) is 19.0 Å². The zero-order valence-corrected chi connectivity index (χ0v) is 17.2. The molecule has 1 amide bonds. The Morgan fingerprint density at radius 2 is 1.80 bits per heavy atom. The number of aromatic nitrogens is 1. The summed E-state index contributed by atoms with van der Waals surface area (Å²) in [6, 6.07) is 9.54. The second-order valence-electron chi connectivity index (χ2n) is 7.76. The molecule has 8 heteroatoms. The Morgan fingerprint density at radius 1 is 1.07 bits per heavy atom.